The number of ketones is 1. The van der Waals surface area contributed by atoms with Crippen LogP contribution < -0.4 is 0 Å². The van der Waals surface area contributed by atoms with Gasteiger partial charge in [-0.2, -0.15) is 5.26 Å². The van der Waals surface area contributed by atoms with E-state index in [1.54, 1.807) is 7.11 Å². The maximum atomic E-state index is 12.3. The molecule has 0 amide bonds. The Morgan fingerprint density at radius 3 is 2.50 bits per heavy atom. The SMILES string of the molecule is COCCOCCCC1(C#N)CCC(C)(C)C1=O. The minimum Gasteiger partial charge on any atom is -0.382 e. The van der Waals surface area contributed by atoms with E-state index in [2.05, 4.69) is 6.07 Å². The Hall–Kier alpha value is -0.920. The number of nitriles is 1. The average Bonchev–Trinajstić information content (AvgIpc) is 2.58. The van der Waals surface area contributed by atoms with Gasteiger partial charge in [0.2, 0.25) is 0 Å². The van der Waals surface area contributed by atoms with Crippen molar-refractivity contribution in [3.63, 3.8) is 0 Å². The zero-order valence-corrected chi connectivity index (χ0v) is 11.6. The number of hydrogen-bond acceptors (Lipinski definition) is 4. The lowest BCUT2D eigenvalue weighted by Gasteiger charge is -2.22. The van der Waals surface area contributed by atoms with Gasteiger partial charge in [-0.25, -0.2) is 0 Å². The van der Waals surface area contributed by atoms with Crippen molar-refractivity contribution < 1.29 is 14.3 Å². The molecule has 0 N–H and O–H groups in total. The number of carbonyl (C=O) groups excluding carboxylic acids is 1. The third kappa shape index (κ3) is 3.30. The number of Topliss-reactive ketones (excluding diaryl/α,β-unsaturated/α-hetero) is 1. The Morgan fingerprint density at radius 1 is 1.28 bits per heavy atom. The Labute approximate surface area is 109 Å². The largest absolute Gasteiger partial charge is 0.382 e. The molecule has 0 aromatic heterocycles. The molecule has 1 atom stereocenters. The van der Waals surface area contributed by atoms with Gasteiger partial charge >= 0.3 is 0 Å². The summed E-state index contributed by atoms with van der Waals surface area (Å²) in [6, 6.07) is 2.26. The topological polar surface area (TPSA) is 59.3 Å². The zero-order chi connectivity index (χ0) is 13.6. The van der Waals surface area contributed by atoms with Crippen molar-refractivity contribution >= 4 is 5.78 Å². The van der Waals surface area contributed by atoms with Crippen molar-refractivity contribution in [2.24, 2.45) is 10.8 Å². The van der Waals surface area contributed by atoms with E-state index in [9.17, 15) is 10.1 Å². The first kappa shape index (κ1) is 15.1. The summed E-state index contributed by atoms with van der Waals surface area (Å²) in [6.45, 7) is 5.60. The quantitative estimate of drug-likeness (QED) is 0.653. The van der Waals surface area contributed by atoms with Gasteiger partial charge in [0.05, 0.1) is 19.3 Å². The molecule has 0 aromatic carbocycles. The van der Waals surface area contributed by atoms with E-state index in [1.807, 2.05) is 13.8 Å². The van der Waals surface area contributed by atoms with Crippen LogP contribution in [0.3, 0.4) is 0 Å². The first-order chi connectivity index (χ1) is 8.48. The van der Waals surface area contributed by atoms with Gasteiger partial charge in [0, 0.05) is 19.1 Å². The molecule has 0 aromatic rings. The molecule has 1 fully saturated rings. The summed E-state index contributed by atoms with van der Waals surface area (Å²) in [4.78, 5) is 12.3. The Bertz CT molecular complexity index is 332. The lowest BCUT2D eigenvalue weighted by atomic mass is 9.78. The molecular formula is C14H23NO3. The van der Waals surface area contributed by atoms with Crippen LogP contribution in [-0.4, -0.2) is 32.7 Å². The molecule has 0 heterocycles. The molecule has 0 bridgehead atoms. The highest BCUT2D eigenvalue weighted by Gasteiger charge is 2.51. The molecule has 18 heavy (non-hydrogen) atoms. The van der Waals surface area contributed by atoms with Gasteiger partial charge in [-0.1, -0.05) is 13.8 Å². The fourth-order valence-corrected chi connectivity index (χ4v) is 2.52. The van der Waals surface area contributed by atoms with E-state index in [4.69, 9.17) is 9.47 Å². The number of rotatable bonds is 7. The van der Waals surface area contributed by atoms with Gasteiger partial charge in [-0.05, 0) is 25.7 Å². The van der Waals surface area contributed by atoms with Crippen molar-refractivity contribution in [1.29, 1.82) is 5.26 Å². The zero-order valence-electron chi connectivity index (χ0n) is 11.6. The van der Waals surface area contributed by atoms with Crippen LogP contribution in [0.1, 0.15) is 39.5 Å². The second-order valence-electron chi connectivity index (χ2n) is 5.62. The smallest absolute Gasteiger partial charge is 0.158 e. The number of ether oxygens (including phenoxy) is 2. The van der Waals surface area contributed by atoms with Crippen LogP contribution in [0.2, 0.25) is 0 Å². The molecule has 4 nitrogen and oxygen atoms in total. The van der Waals surface area contributed by atoms with E-state index < -0.39 is 5.41 Å². The second-order valence-corrected chi connectivity index (χ2v) is 5.62. The van der Waals surface area contributed by atoms with Crippen molar-refractivity contribution in [3.05, 3.63) is 0 Å². The summed E-state index contributed by atoms with van der Waals surface area (Å²) in [7, 11) is 1.63. The van der Waals surface area contributed by atoms with E-state index in [0.29, 0.717) is 32.7 Å². The summed E-state index contributed by atoms with van der Waals surface area (Å²) in [6.07, 6.45) is 2.86. The fraction of sp³-hybridized carbons (Fsp3) is 0.857. The third-order valence-electron chi connectivity index (χ3n) is 3.76. The number of nitrogens with zero attached hydrogens (tertiary/aromatic N) is 1. The number of methoxy groups -OCH3 is 1. The molecule has 1 aliphatic carbocycles. The maximum Gasteiger partial charge on any atom is 0.158 e. The van der Waals surface area contributed by atoms with Crippen molar-refractivity contribution in [1.82, 2.24) is 0 Å². The van der Waals surface area contributed by atoms with Crippen molar-refractivity contribution in [2.45, 2.75) is 39.5 Å². The van der Waals surface area contributed by atoms with Gasteiger partial charge < -0.3 is 9.47 Å². The molecule has 102 valence electrons. The number of carbonyl (C=O) groups is 1. The van der Waals surface area contributed by atoms with Crippen LogP contribution in [0, 0.1) is 22.2 Å². The van der Waals surface area contributed by atoms with E-state index in [0.717, 1.165) is 12.8 Å². The van der Waals surface area contributed by atoms with Crippen molar-refractivity contribution in [2.75, 3.05) is 26.9 Å². The summed E-state index contributed by atoms with van der Waals surface area (Å²) < 4.78 is 10.2. The lowest BCUT2D eigenvalue weighted by Crippen LogP contribution is -2.31. The van der Waals surface area contributed by atoms with Crippen LogP contribution in [0.4, 0.5) is 0 Å². The third-order valence-corrected chi connectivity index (χ3v) is 3.76. The van der Waals surface area contributed by atoms with Gasteiger partial charge in [0.1, 0.15) is 5.41 Å². The second kappa shape index (κ2) is 6.31. The molecule has 4 heteroatoms. The van der Waals surface area contributed by atoms with Crippen LogP contribution in [-0.2, 0) is 14.3 Å². The predicted octanol–water partition coefficient (Wildman–Crippen LogP) is 2.33. The fourth-order valence-electron chi connectivity index (χ4n) is 2.52. The monoisotopic (exact) mass is 253 g/mol. The van der Waals surface area contributed by atoms with E-state index in [-0.39, 0.29) is 11.2 Å². The van der Waals surface area contributed by atoms with E-state index >= 15 is 0 Å². The summed E-state index contributed by atoms with van der Waals surface area (Å²) in [5, 5.41) is 9.33. The predicted molar refractivity (Wildman–Crippen MR) is 68.0 cm³/mol. The minimum atomic E-state index is -0.770. The van der Waals surface area contributed by atoms with E-state index in [1.165, 1.54) is 0 Å². The summed E-state index contributed by atoms with van der Waals surface area (Å²) >= 11 is 0. The molecule has 1 rings (SSSR count). The molecule has 1 aliphatic rings. The van der Waals surface area contributed by atoms with Crippen LogP contribution in [0.15, 0.2) is 0 Å². The molecule has 0 saturated heterocycles. The molecule has 0 aliphatic heterocycles. The van der Waals surface area contributed by atoms with Gasteiger partial charge in [-0.15, -0.1) is 0 Å². The maximum absolute atomic E-state index is 12.3. The van der Waals surface area contributed by atoms with Crippen molar-refractivity contribution in [3.8, 4) is 6.07 Å². The first-order valence-electron chi connectivity index (χ1n) is 6.51. The highest BCUT2D eigenvalue weighted by atomic mass is 16.5. The molecule has 1 saturated carbocycles. The van der Waals surface area contributed by atoms with Crippen LogP contribution in [0.25, 0.3) is 0 Å². The average molecular weight is 253 g/mol. The summed E-state index contributed by atoms with van der Waals surface area (Å²) in [5.41, 5.74) is -1.11. The Kier molecular flexibility index (Phi) is 5.30. The van der Waals surface area contributed by atoms with Crippen LogP contribution in [0.5, 0.6) is 0 Å². The normalized spacial score (nSPS) is 26.2. The van der Waals surface area contributed by atoms with Gasteiger partial charge in [0.25, 0.3) is 0 Å². The molecular weight excluding hydrogens is 230 g/mol. The Morgan fingerprint density at radius 2 is 2.00 bits per heavy atom. The standard InChI is InChI=1S/C14H23NO3/c1-13(2)6-7-14(11-15,12(13)16)5-4-8-18-10-9-17-3/h4-10H2,1-3H3. The molecule has 0 radical (unpaired) electrons. The molecule has 0 spiro atoms. The minimum absolute atomic E-state index is 0.106. The lowest BCUT2D eigenvalue weighted by molar-refractivity contribution is -0.130. The Balaban J connectivity index is 2.40. The number of hydrogen-bond donors (Lipinski definition) is 0. The highest BCUT2D eigenvalue weighted by molar-refractivity contribution is 5.94. The van der Waals surface area contributed by atoms with Crippen LogP contribution >= 0.6 is 0 Å². The highest BCUT2D eigenvalue weighted by Crippen LogP contribution is 2.47. The molecule has 1 unspecified atom stereocenters. The van der Waals surface area contributed by atoms with Gasteiger partial charge in [0.15, 0.2) is 5.78 Å². The van der Waals surface area contributed by atoms with Gasteiger partial charge in [-0.3, -0.25) is 4.79 Å². The summed E-state index contributed by atoms with van der Waals surface area (Å²) in [5.74, 6) is 0.106. The first-order valence-corrected chi connectivity index (χ1v) is 6.51.